The standard InChI is InChI=1S/C25H21ClN4O2S/c1-16-5-10-21-22(13-16)33-24(28-21)17-6-8-19(9-7-17)27-23(31)15-29-11-12-30(25(29)32)20-4-2-3-18(26)14-20/h2-10,13-14H,11-12,15H2,1H3,(H,27,31). The molecule has 1 fully saturated rings. The predicted molar refractivity (Wildman–Crippen MR) is 134 cm³/mol. The molecule has 0 atom stereocenters. The van der Waals surface area contributed by atoms with Crippen molar-refractivity contribution in [2.24, 2.45) is 0 Å². The Morgan fingerprint density at radius 2 is 1.91 bits per heavy atom. The van der Waals surface area contributed by atoms with Gasteiger partial charge < -0.3 is 10.2 Å². The molecule has 0 saturated carbocycles. The van der Waals surface area contributed by atoms with Gasteiger partial charge in [0.1, 0.15) is 11.6 Å². The lowest BCUT2D eigenvalue weighted by Gasteiger charge is -2.18. The summed E-state index contributed by atoms with van der Waals surface area (Å²) < 4.78 is 1.16. The van der Waals surface area contributed by atoms with Gasteiger partial charge in [-0.1, -0.05) is 23.7 Å². The molecule has 2 heterocycles. The zero-order valence-electron chi connectivity index (χ0n) is 17.9. The SMILES string of the molecule is Cc1ccc2nc(-c3ccc(NC(=O)CN4CCN(c5cccc(Cl)c5)C4=O)cc3)sc2c1. The summed E-state index contributed by atoms with van der Waals surface area (Å²) in [4.78, 5) is 33.2. The van der Waals surface area contributed by atoms with Crippen molar-refractivity contribution in [1.82, 2.24) is 9.88 Å². The van der Waals surface area contributed by atoms with Crippen LogP contribution in [0.3, 0.4) is 0 Å². The molecule has 1 aliphatic rings. The van der Waals surface area contributed by atoms with E-state index < -0.39 is 0 Å². The number of thiazole rings is 1. The highest BCUT2D eigenvalue weighted by Crippen LogP contribution is 2.31. The summed E-state index contributed by atoms with van der Waals surface area (Å²) in [7, 11) is 0. The monoisotopic (exact) mass is 476 g/mol. The van der Waals surface area contributed by atoms with Gasteiger partial charge in [0.25, 0.3) is 0 Å². The fourth-order valence-corrected chi connectivity index (χ4v) is 5.09. The molecule has 33 heavy (non-hydrogen) atoms. The third-order valence-electron chi connectivity index (χ3n) is 5.51. The van der Waals surface area contributed by atoms with Crippen LogP contribution in [0.15, 0.2) is 66.7 Å². The smallest absolute Gasteiger partial charge is 0.325 e. The van der Waals surface area contributed by atoms with Gasteiger partial charge in [-0.15, -0.1) is 11.3 Å². The van der Waals surface area contributed by atoms with Gasteiger partial charge in [0.05, 0.1) is 10.2 Å². The van der Waals surface area contributed by atoms with Crippen molar-refractivity contribution < 1.29 is 9.59 Å². The van der Waals surface area contributed by atoms with Gasteiger partial charge >= 0.3 is 6.03 Å². The molecule has 0 aliphatic carbocycles. The van der Waals surface area contributed by atoms with Gasteiger partial charge in [-0.25, -0.2) is 9.78 Å². The number of nitrogens with zero attached hydrogens (tertiary/aromatic N) is 3. The van der Waals surface area contributed by atoms with Crippen molar-refractivity contribution in [1.29, 1.82) is 0 Å². The lowest BCUT2D eigenvalue weighted by molar-refractivity contribution is -0.116. The van der Waals surface area contributed by atoms with E-state index in [-0.39, 0.29) is 18.5 Å². The summed E-state index contributed by atoms with van der Waals surface area (Å²) >= 11 is 7.69. The third kappa shape index (κ3) is 4.55. The molecule has 3 aromatic carbocycles. The molecule has 0 radical (unpaired) electrons. The molecule has 1 N–H and O–H groups in total. The van der Waals surface area contributed by atoms with Gasteiger partial charge in [0, 0.05) is 35.1 Å². The number of fused-ring (bicyclic) bond motifs is 1. The summed E-state index contributed by atoms with van der Waals surface area (Å²) in [5.74, 6) is -0.237. The van der Waals surface area contributed by atoms with Gasteiger partial charge in [-0.3, -0.25) is 9.69 Å². The number of carbonyl (C=O) groups is 2. The van der Waals surface area contributed by atoms with Crippen molar-refractivity contribution in [2.45, 2.75) is 6.92 Å². The first-order chi connectivity index (χ1) is 16.0. The van der Waals surface area contributed by atoms with Crippen molar-refractivity contribution in [2.75, 3.05) is 29.9 Å². The average molecular weight is 477 g/mol. The first-order valence-corrected chi connectivity index (χ1v) is 11.8. The highest BCUT2D eigenvalue weighted by atomic mass is 35.5. The molecule has 6 nitrogen and oxygen atoms in total. The summed E-state index contributed by atoms with van der Waals surface area (Å²) in [6.07, 6.45) is 0. The Bertz CT molecular complexity index is 1350. The normalized spacial score (nSPS) is 13.7. The number of rotatable bonds is 5. The van der Waals surface area contributed by atoms with Crippen LogP contribution in [0.4, 0.5) is 16.2 Å². The fraction of sp³-hybridized carbons (Fsp3) is 0.160. The highest BCUT2D eigenvalue weighted by molar-refractivity contribution is 7.21. The number of amides is 3. The Labute approximate surface area is 200 Å². The molecule has 1 aromatic heterocycles. The Morgan fingerprint density at radius 3 is 2.70 bits per heavy atom. The van der Waals surface area contributed by atoms with Crippen molar-refractivity contribution >= 4 is 56.5 Å². The van der Waals surface area contributed by atoms with E-state index in [2.05, 4.69) is 24.4 Å². The summed E-state index contributed by atoms with van der Waals surface area (Å²) in [6.45, 7) is 3.06. The minimum atomic E-state index is -0.237. The molecular formula is C25H21ClN4O2S. The lowest BCUT2D eigenvalue weighted by atomic mass is 10.2. The molecule has 0 bridgehead atoms. The van der Waals surface area contributed by atoms with Gasteiger partial charge in [0.15, 0.2) is 0 Å². The minimum absolute atomic E-state index is 0.00509. The molecule has 0 spiro atoms. The number of halogens is 1. The van der Waals surface area contributed by atoms with Crippen LogP contribution in [0.2, 0.25) is 5.02 Å². The van der Waals surface area contributed by atoms with E-state index in [1.165, 1.54) is 10.5 Å². The van der Waals surface area contributed by atoms with Crippen LogP contribution in [0.1, 0.15) is 5.56 Å². The summed E-state index contributed by atoms with van der Waals surface area (Å²) in [6, 6.07) is 20.8. The van der Waals surface area contributed by atoms with E-state index in [4.69, 9.17) is 16.6 Å². The number of carbonyl (C=O) groups excluding carboxylic acids is 2. The summed E-state index contributed by atoms with van der Waals surface area (Å²) in [5, 5.41) is 4.39. The van der Waals surface area contributed by atoms with Crippen LogP contribution in [0, 0.1) is 6.92 Å². The average Bonchev–Trinajstić information content (AvgIpc) is 3.37. The van der Waals surface area contributed by atoms with Crippen molar-refractivity contribution in [3.8, 4) is 10.6 Å². The molecule has 0 unspecified atom stereocenters. The molecule has 5 rings (SSSR count). The third-order valence-corrected chi connectivity index (χ3v) is 6.81. The van der Waals surface area contributed by atoms with Crippen LogP contribution in [-0.4, -0.2) is 41.5 Å². The Kier molecular flexibility index (Phi) is 5.74. The van der Waals surface area contributed by atoms with E-state index >= 15 is 0 Å². The highest BCUT2D eigenvalue weighted by Gasteiger charge is 2.30. The number of hydrogen-bond donors (Lipinski definition) is 1. The summed E-state index contributed by atoms with van der Waals surface area (Å²) in [5.41, 5.74) is 4.61. The largest absolute Gasteiger partial charge is 0.325 e. The number of aromatic nitrogens is 1. The lowest BCUT2D eigenvalue weighted by Crippen LogP contribution is -2.37. The molecule has 1 aliphatic heterocycles. The van der Waals surface area contributed by atoms with Gasteiger partial charge in [-0.05, 0) is 67.1 Å². The number of nitrogens with one attached hydrogen (secondary N) is 1. The zero-order chi connectivity index (χ0) is 22.9. The first-order valence-electron chi connectivity index (χ1n) is 10.6. The van der Waals surface area contributed by atoms with Crippen LogP contribution >= 0.6 is 22.9 Å². The molecule has 166 valence electrons. The van der Waals surface area contributed by atoms with Crippen molar-refractivity contribution in [3.63, 3.8) is 0 Å². The second kappa shape index (κ2) is 8.84. The maximum absolute atomic E-state index is 12.7. The van der Waals surface area contributed by atoms with E-state index in [0.717, 1.165) is 26.5 Å². The number of anilines is 2. The second-order valence-electron chi connectivity index (χ2n) is 7.95. The van der Waals surface area contributed by atoms with E-state index in [1.54, 1.807) is 34.4 Å². The van der Waals surface area contributed by atoms with Crippen LogP contribution < -0.4 is 10.2 Å². The van der Waals surface area contributed by atoms with E-state index in [1.807, 2.05) is 36.4 Å². The first kappa shape index (κ1) is 21.4. The zero-order valence-corrected chi connectivity index (χ0v) is 19.5. The van der Waals surface area contributed by atoms with E-state index in [9.17, 15) is 9.59 Å². The molecule has 8 heteroatoms. The van der Waals surface area contributed by atoms with Crippen molar-refractivity contribution in [3.05, 3.63) is 77.3 Å². The minimum Gasteiger partial charge on any atom is -0.325 e. The number of benzene rings is 3. The van der Waals surface area contributed by atoms with Gasteiger partial charge in [0.2, 0.25) is 5.91 Å². The molecular weight excluding hydrogens is 456 g/mol. The maximum atomic E-state index is 12.7. The van der Waals surface area contributed by atoms with Gasteiger partial charge in [-0.2, -0.15) is 0 Å². The molecule has 4 aromatic rings. The quantitative estimate of drug-likeness (QED) is 0.395. The van der Waals surface area contributed by atoms with Crippen LogP contribution in [-0.2, 0) is 4.79 Å². The Morgan fingerprint density at radius 1 is 1.09 bits per heavy atom. The number of aryl methyl sites for hydroxylation is 1. The number of urea groups is 1. The Balaban J connectivity index is 1.21. The number of hydrogen-bond acceptors (Lipinski definition) is 4. The van der Waals surface area contributed by atoms with Crippen LogP contribution in [0.5, 0.6) is 0 Å². The van der Waals surface area contributed by atoms with Crippen LogP contribution in [0.25, 0.3) is 20.8 Å². The maximum Gasteiger partial charge on any atom is 0.325 e. The topological polar surface area (TPSA) is 65.5 Å². The molecule has 3 amide bonds. The predicted octanol–water partition coefficient (Wildman–Crippen LogP) is 5.81. The Hall–Kier alpha value is -3.42. The molecule has 1 saturated heterocycles. The second-order valence-corrected chi connectivity index (χ2v) is 9.42. The van der Waals surface area contributed by atoms with E-state index in [0.29, 0.717) is 23.8 Å². The fourth-order valence-electron chi connectivity index (χ4n) is 3.84.